The minimum Gasteiger partial charge on any atom is -0.369 e. The van der Waals surface area contributed by atoms with Gasteiger partial charge in [-0.2, -0.15) is 13.2 Å². The van der Waals surface area contributed by atoms with Crippen LogP contribution in [0.5, 0.6) is 0 Å². The number of aliphatic imine (C=N–C) groups is 1. The van der Waals surface area contributed by atoms with E-state index in [1.807, 2.05) is 0 Å². The number of fused-ring (bicyclic) bond motifs is 1. The molecule has 0 radical (unpaired) electrons. The highest BCUT2D eigenvalue weighted by Crippen LogP contribution is 2.43. The lowest BCUT2D eigenvalue weighted by molar-refractivity contribution is -0.149. The third-order valence-corrected chi connectivity index (χ3v) is 7.77. The van der Waals surface area contributed by atoms with Gasteiger partial charge in [-0.25, -0.2) is 13.8 Å². The van der Waals surface area contributed by atoms with E-state index in [4.69, 9.17) is 17.3 Å². The second-order valence-electron chi connectivity index (χ2n) is 10.3. The zero-order chi connectivity index (χ0) is 29.9. The molecule has 0 spiro atoms. The number of halogens is 6. The summed E-state index contributed by atoms with van der Waals surface area (Å²) >= 11 is 6.33. The molecule has 2 aliphatic rings. The zero-order valence-corrected chi connectivity index (χ0v) is 22.4. The number of rotatable bonds is 8. The number of primary amides is 1. The Hall–Kier alpha value is -3.54. The number of carbonyl (C=O) groups excluding carboxylic acids is 3. The van der Waals surface area contributed by atoms with Crippen LogP contribution in [0.25, 0.3) is 0 Å². The number of hydrogen-bond donors (Lipinski definition) is 3. The highest BCUT2D eigenvalue weighted by Gasteiger charge is 2.45. The van der Waals surface area contributed by atoms with E-state index in [-0.39, 0.29) is 29.3 Å². The number of hydrogen-bond acceptors (Lipinski definition) is 4. The van der Waals surface area contributed by atoms with E-state index < -0.39 is 79.4 Å². The van der Waals surface area contributed by atoms with Crippen molar-refractivity contribution in [2.24, 2.45) is 28.5 Å². The Balaban J connectivity index is 1.69. The van der Waals surface area contributed by atoms with Crippen molar-refractivity contribution in [2.45, 2.75) is 56.8 Å². The van der Waals surface area contributed by atoms with Gasteiger partial charge in [-0.1, -0.05) is 54.1 Å². The maximum Gasteiger partial charge on any atom is 0.389 e. The van der Waals surface area contributed by atoms with Crippen molar-refractivity contribution in [2.75, 3.05) is 5.32 Å². The Morgan fingerprint density at radius 1 is 1.10 bits per heavy atom. The number of anilines is 1. The maximum absolute atomic E-state index is 13.8. The molecule has 1 heterocycles. The van der Waals surface area contributed by atoms with E-state index >= 15 is 0 Å². The Bertz CT molecular complexity index is 1330. The number of nitrogens with two attached hydrogens (primary N) is 1. The molecule has 0 aromatic heterocycles. The number of nitrogens with zero attached hydrogens (tertiary/aromatic N) is 1. The fourth-order valence-electron chi connectivity index (χ4n) is 5.44. The fourth-order valence-corrected chi connectivity index (χ4v) is 5.66. The van der Waals surface area contributed by atoms with Crippen LogP contribution in [0.4, 0.5) is 27.6 Å². The van der Waals surface area contributed by atoms with Gasteiger partial charge < -0.3 is 16.4 Å². The summed E-state index contributed by atoms with van der Waals surface area (Å²) in [6.07, 6.45) is -10.1. The first-order valence-corrected chi connectivity index (χ1v) is 13.4. The van der Waals surface area contributed by atoms with Gasteiger partial charge in [0.05, 0.1) is 28.3 Å². The second-order valence-corrected chi connectivity index (χ2v) is 10.7. The molecule has 13 heteroatoms. The highest BCUT2D eigenvalue weighted by atomic mass is 35.5. The molecule has 1 saturated carbocycles. The Kier molecular flexibility index (Phi) is 9.00. The van der Waals surface area contributed by atoms with Crippen molar-refractivity contribution in [3.63, 3.8) is 0 Å². The number of nitrogens with one attached hydrogen (secondary N) is 2. The van der Waals surface area contributed by atoms with Gasteiger partial charge in [-0.05, 0) is 31.2 Å². The average Bonchev–Trinajstić information content (AvgIpc) is 3.04. The lowest BCUT2D eigenvalue weighted by atomic mass is 9.71. The van der Waals surface area contributed by atoms with Crippen molar-refractivity contribution < 1.29 is 36.3 Å². The molecular formula is C28H28ClF5N4O3. The molecule has 3 atom stereocenters. The number of benzodiazepines with no additional fused rings is 1. The summed E-state index contributed by atoms with van der Waals surface area (Å²) in [7, 11) is 0. The molecule has 7 nitrogen and oxygen atoms in total. The van der Waals surface area contributed by atoms with Crippen molar-refractivity contribution >= 4 is 40.7 Å². The maximum atomic E-state index is 13.8. The molecule has 4 rings (SSSR count). The number of amides is 3. The van der Waals surface area contributed by atoms with Crippen molar-refractivity contribution in [1.82, 2.24) is 5.32 Å². The minimum atomic E-state index is -4.67. The van der Waals surface area contributed by atoms with E-state index in [9.17, 15) is 36.3 Å². The molecule has 0 bridgehead atoms. The van der Waals surface area contributed by atoms with Gasteiger partial charge in [0.15, 0.2) is 0 Å². The fraction of sp³-hybridized carbons (Fsp3) is 0.429. The normalized spacial score (nSPS) is 20.6. The largest absolute Gasteiger partial charge is 0.389 e. The van der Waals surface area contributed by atoms with Gasteiger partial charge in [0.25, 0.3) is 5.91 Å². The molecule has 3 unspecified atom stereocenters. The van der Waals surface area contributed by atoms with Crippen LogP contribution in [-0.4, -0.2) is 41.7 Å². The molecule has 2 aromatic rings. The average molecular weight is 599 g/mol. The predicted molar refractivity (Wildman–Crippen MR) is 142 cm³/mol. The standard InChI is InChI=1S/C28H28ClF5N4O3/c29-19-8-4-7-18-21(16-5-2-1-3-6-16)36-24(26(41)37-22(18)19)38-25(40)17(11-14-28(32,33)34)20(23(35)39)15-9-12-27(30,31)13-10-15/h1-8,15,17,20,24H,9-14H2,(H2,35,39)(H,37,41)(H,38,40). The number of para-hydroxylation sites is 1. The van der Waals surface area contributed by atoms with Gasteiger partial charge in [-0.3, -0.25) is 14.4 Å². The van der Waals surface area contributed by atoms with Gasteiger partial charge in [-0.15, -0.1) is 0 Å². The van der Waals surface area contributed by atoms with Crippen molar-refractivity contribution in [1.29, 1.82) is 0 Å². The Morgan fingerprint density at radius 2 is 1.76 bits per heavy atom. The van der Waals surface area contributed by atoms with Gasteiger partial charge in [0, 0.05) is 30.4 Å². The van der Waals surface area contributed by atoms with E-state index in [2.05, 4.69) is 15.6 Å². The van der Waals surface area contributed by atoms with Crippen LogP contribution >= 0.6 is 11.6 Å². The monoisotopic (exact) mass is 598 g/mol. The molecule has 220 valence electrons. The number of alkyl halides is 5. The van der Waals surface area contributed by atoms with E-state index in [1.165, 1.54) is 0 Å². The lowest BCUT2D eigenvalue weighted by Crippen LogP contribution is -2.50. The molecule has 1 fully saturated rings. The third-order valence-electron chi connectivity index (χ3n) is 7.46. The molecule has 3 amide bonds. The Morgan fingerprint density at radius 3 is 2.37 bits per heavy atom. The Labute approximate surface area is 237 Å². The molecule has 1 aliphatic carbocycles. The van der Waals surface area contributed by atoms with Crippen LogP contribution in [0.2, 0.25) is 5.02 Å². The van der Waals surface area contributed by atoms with E-state index in [0.717, 1.165) is 0 Å². The highest BCUT2D eigenvalue weighted by molar-refractivity contribution is 6.36. The van der Waals surface area contributed by atoms with Crippen LogP contribution in [-0.2, 0) is 14.4 Å². The van der Waals surface area contributed by atoms with Crippen LogP contribution in [0.1, 0.15) is 49.7 Å². The first-order chi connectivity index (χ1) is 19.3. The first-order valence-electron chi connectivity index (χ1n) is 13.0. The zero-order valence-electron chi connectivity index (χ0n) is 21.7. The molecule has 4 N–H and O–H groups in total. The smallest absolute Gasteiger partial charge is 0.369 e. The molecule has 0 saturated heterocycles. The molecule has 2 aromatic carbocycles. The van der Waals surface area contributed by atoms with Crippen LogP contribution in [0.3, 0.4) is 0 Å². The van der Waals surface area contributed by atoms with Crippen molar-refractivity contribution in [3.05, 3.63) is 64.7 Å². The van der Waals surface area contributed by atoms with Gasteiger partial charge in [0.1, 0.15) is 0 Å². The van der Waals surface area contributed by atoms with Gasteiger partial charge >= 0.3 is 6.18 Å². The topological polar surface area (TPSA) is 114 Å². The summed E-state index contributed by atoms with van der Waals surface area (Å²) in [5, 5.41) is 5.19. The predicted octanol–water partition coefficient (Wildman–Crippen LogP) is 5.46. The summed E-state index contributed by atoms with van der Waals surface area (Å²) in [5.41, 5.74) is 7.08. The van der Waals surface area contributed by atoms with Crippen LogP contribution in [0.15, 0.2) is 53.5 Å². The van der Waals surface area contributed by atoms with Gasteiger partial charge in [0.2, 0.25) is 23.9 Å². The molecule has 1 aliphatic heterocycles. The van der Waals surface area contributed by atoms with Crippen LogP contribution in [0, 0.1) is 17.8 Å². The summed E-state index contributed by atoms with van der Waals surface area (Å²) in [6.45, 7) is 0. The molecular weight excluding hydrogens is 571 g/mol. The third kappa shape index (κ3) is 7.41. The van der Waals surface area contributed by atoms with E-state index in [0.29, 0.717) is 11.1 Å². The first kappa shape index (κ1) is 30.4. The SMILES string of the molecule is NC(=O)C(C1CCC(F)(F)CC1)C(CCC(F)(F)F)C(=O)NC1N=C(c2ccccc2)c2cccc(Cl)c2NC1=O. The second kappa shape index (κ2) is 12.1. The van der Waals surface area contributed by atoms with Crippen LogP contribution < -0.4 is 16.4 Å². The minimum absolute atomic E-state index is 0.190. The van der Waals surface area contributed by atoms with E-state index in [1.54, 1.807) is 48.5 Å². The summed E-state index contributed by atoms with van der Waals surface area (Å²) < 4.78 is 67.3. The quantitative estimate of drug-likeness (QED) is 0.351. The molecule has 41 heavy (non-hydrogen) atoms. The summed E-state index contributed by atoms with van der Waals surface area (Å²) in [6, 6.07) is 13.5. The number of carbonyl (C=O) groups is 3. The van der Waals surface area contributed by atoms with Crippen molar-refractivity contribution in [3.8, 4) is 0 Å². The summed E-state index contributed by atoms with van der Waals surface area (Å²) in [4.78, 5) is 43.8. The number of benzene rings is 2. The lowest BCUT2D eigenvalue weighted by Gasteiger charge is -2.36. The summed E-state index contributed by atoms with van der Waals surface area (Å²) in [5.74, 6) is -9.84.